The lowest BCUT2D eigenvalue weighted by atomic mass is 9.81. The average Bonchev–Trinajstić information content (AvgIpc) is 3.04. The summed E-state index contributed by atoms with van der Waals surface area (Å²) in [5, 5.41) is 5.93. The molecule has 0 aromatic heterocycles. The van der Waals surface area contributed by atoms with Crippen molar-refractivity contribution >= 4 is 35.1 Å². The number of anilines is 1. The van der Waals surface area contributed by atoms with Crippen LogP contribution >= 0.6 is 11.6 Å². The SMILES string of the molecule is Cc1ccc(NC(=O)CN2C(=O)N[C@@](c3ccccc3)(c3ccc(C)c(C)c3)C2=O)c(Cl)c1. The number of rotatable bonds is 5. The van der Waals surface area contributed by atoms with Crippen molar-refractivity contribution in [2.24, 2.45) is 0 Å². The molecule has 1 heterocycles. The smallest absolute Gasteiger partial charge is 0.323 e. The highest BCUT2D eigenvalue weighted by Crippen LogP contribution is 2.37. The van der Waals surface area contributed by atoms with Gasteiger partial charge in [0.1, 0.15) is 6.54 Å². The largest absolute Gasteiger partial charge is 0.326 e. The van der Waals surface area contributed by atoms with Gasteiger partial charge in [0.2, 0.25) is 5.91 Å². The first-order valence-electron chi connectivity index (χ1n) is 10.6. The summed E-state index contributed by atoms with van der Waals surface area (Å²) in [5.41, 5.74) is 3.28. The van der Waals surface area contributed by atoms with Crippen LogP contribution < -0.4 is 10.6 Å². The minimum absolute atomic E-state index is 0.384. The lowest BCUT2D eigenvalue weighted by molar-refractivity contribution is -0.133. The van der Waals surface area contributed by atoms with E-state index < -0.39 is 29.9 Å². The minimum atomic E-state index is -1.42. The molecular weight excluding hydrogens is 438 g/mol. The van der Waals surface area contributed by atoms with Crippen LogP contribution in [0.3, 0.4) is 0 Å². The number of aryl methyl sites for hydroxylation is 3. The Morgan fingerprint density at radius 3 is 2.33 bits per heavy atom. The average molecular weight is 462 g/mol. The molecule has 3 aromatic carbocycles. The highest BCUT2D eigenvalue weighted by atomic mass is 35.5. The summed E-state index contributed by atoms with van der Waals surface area (Å²) in [4.78, 5) is 40.4. The van der Waals surface area contributed by atoms with E-state index >= 15 is 0 Å². The molecule has 33 heavy (non-hydrogen) atoms. The Hall–Kier alpha value is -3.64. The van der Waals surface area contributed by atoms with Crippen molar-refractivity contribution in [2.45, 2.75) is 26.3 Å². The van der Waals surface area contributed by atoms with E-state index in [1.54, 1.807) is 24.3 Å². The minimum Gasteiger partial charge on any atom is -0.323 e. The van der Waals surface area contributed by atoms with E-state index in [2.05, 4.69) is 10.6 Å². The van der Waals surface area contributed by atoms with Gasteiger partial charge in [-0.25, -0.2) is 4.79 Å². The monoisotopic (exact) mass is 461 g/mol. The Bertz CT molecular complexity index is 1260. The molecule has 168 valence electrons. The van der Waals surface area contributed by atoms with Crippen molar-refractivity contribution < 1.29 is 14.4 Å². The van der Waals surface area contributed by atoms with Crippen LogP contribution in [-0.4, -0.2) is 29.3 Å². The van der Waals surface area contributed by atoms with Gasteiger partial charge < -0.3 is 10.6 Å². The molecule has 0 radical (unpaired) electrons. The van der Waals surface area contributed by atoms with Crippen LogP contribution in [0.1, 0.15) is 27.8 Å². The van der Waals surface area contributed by atoms with Crippen molar-refractivity contribution in [1.82, 2.24) is 10.2 Å². The van der Waals surface area contributed by atoms with Crippen molar-refractivity contribution in [3.05, 3.63) is 99.6 Å². The van der Waals surface area contributed by atoms with Crippen LogP contribution in [0.5, 0.6) is 0 Å². The number of carbonyl (C=O) groups excluding carboxylic acids is 3. The predicted octanol–water partition coefficient (Wildman–Crippen LogP) is 4.70. The molecule has 4 rings (SSSR count). The zero-order chi connectivity index (χ0) is 23.8. The molecule has 1 atom stereocenters. The maximum atomic E-state index is 13.8. The number of nitrogens with zero attached hydrogens (tertiary/aromatic N) is 1. The normalized spacial score (nSPS) is 17.8. The number of imide groups is 1. The van der Waals surface area contributed by atoms with Crippen LogP contribution in [-0.2, 0) is 15.1 Å². The first kappa shape index (κ1) is 22.6. The van der Waals surface area contributed by atoms with E-state index in [-0.39, 0.29) is 0 Å². The van der Waals surface area contributed by atoms with Crippen LogP contribution in [0.15, 0.2) is 66.7 Å². The second kappa shape index (κ2) is 8.71. The fraction of sp³-hybridized carbons (Fsp3) is 0.192. The van der Waals surface area contributed by atoms with Gasteiger partial charge in [0.25, 0.3) is 5.91 Å². The number of benzene rings is 3. The summed E-state index contributed by atoms with van der Waals surface area (Å²) >= 11 is 6.21. The Labute approximate surface area is 197 Å². The Morgan fingerprint density at radius 1 is 0.939 bits per heavy atom. The molecule has 4 amide bonds. The van der Waals surface area contributed by atoms with Crippen LogP contribution in [0, 0.1) is 20.8 Å². The third-order valence-electron chi connectivity index (χ3n) is 5.95. The standard InChI is InChI=1S/C26H24ClN3O3/c1-16-9-12-22(21(27)13-16)28-23(31)15-30-24(32)26(29-25(30)33,19-7-5-4-6-8-19)20-11-10-17(2)18(3)14-20/h4-14H,15H2,1-3H3,(H,28,31)(H,29,33)/t26-/m0/s1. The number of urea groups is 1. The maximum Gasteiger partial charge on any atom is 0.326 e. The van der Waals surface area contributed by atoms with Gasteiger partial charge in [-0.15, -0.1) is 0 Å². The van der Waals surface area contributed by atoms with Gasteiger partial charge in [-0.1, -0.05) is 66.2 Å². The molecular formula is C26H24ClN3O3. The first-order chi connectivity index (χ1) is 15.7. The number of nitrogens with one attached hydrogen (secondary N) is 2. The molecule has 0 aliphatic carbocycles. The maximum absolute atomic E-state index is 13.8. The Kier molecular flexibility index (Phi) is 5.95. The molecule has 0 bridgehead atoms. The zero-order valence-corrected chi connectivity index (χ0v) is 19.4. The molecule has 1 aliphatic rings. The first-order valence-corrected chi connectivity index (χ1v) is 10.9. The highest BCUT2D eigenvalue weighted by molar-refractivity contribution is 6.33. The summed E-state index contributed by atoms with van der Waals surface area (Å²) in [6, 6.07) is 19.3. The topological polar surface area (TPSA) is 78.5 Å². The molecule has 1 saturated heterocycles. The Morgan fingerprint density at radius 2 is 1.67 bits per heavy atom. The molecule has 3 aromatic rings. The second-order valence-corrected chi connectivity index (χ2v) is 8.68. The molecule has 0 saturated carbocycles. The van der Waals surface area contributed by atoms with E-state index in [0.717, 1.165) is 21.6 Å². The fourth-order valence-corrected chi connectivity index (χ4v) is 4.28. The third-order valence-corrected chi connectivity index (χ3v) is 6.27. The summed E-state index contributed by atoms with van der Waals surface area (Å²) in [5.74, 6) is -1.03. The van der Waals surface area contributed by atoms with E-state index in [0.29, 0.717) is 21.8 Å². The van der Waals surface area contributed by atoms with Gasteiger partial charge in [-0.3, -0.25) is 14.5 Å². The quantitative estimate of drug-likeness (QED) is 0.540. The van der Waals surface area contributed by atoms with E-state index in [1.165, 1.54) is 0 Å². The van der Waals surface area contributed by atoms with Gasteiger partial charge >= 0.3 is 6.03 Å². The van der Waals surface area contributed by atoms with Crippen molar-refractivity contribution in [3.8, 4) is 0 Å². The molecule has 1 fully saturated rings. The third kappa shape index (κ3) is 4.10. The van der Waals surface area contributed by atoms with Gasteiger partial charge in [-0.05, 0) is 60.7 Å². The highest BCUT2D eigenvalue weighted by Gasteiger charge is 2.54. The summed E-state index contributed by atoms with van der Waals surface area (Å²) < 4.78 is 0. The summed E-state index contributed by atoms with van der Waals surface area (Å²) in [6.07, 6.45) is 0. The lowest BCUT2D eigenvalue weighted by Gasteiger charge is -2.28. The Balaban J connectivity index is 1.68. The van der Waals surface area contributed by atoms with E-state index in [9.17, 15) is 14.4 Å². The summed E-state index contributed by atoms with van der Waals surface area (Å²) in [7, 11) is 0. The lowest BCUT2D eigenvalue weighted by Crippen LogP contribution is -2.45. The molecule has 6 nitrogen and oxygen atoms in total. The van der Waals surface area contributed by atoms with Crippen molar-refractivity contribution in [1.29, 1.82) is 0 Å². The second-order valence-electron chi connectivity index (χ2n) is 8.27. The number of halogens is 1. The molecule has 0 unspecified atom stereocenters. The number of carbonyl (C=O) groups is 3. The fourth-order valence-electron chi connectivity index (χ4n) is 4.00. The van der Waals surface area contributed by atoms with Gasteiger partial charge in [0, 0.05) is 0 Å². The molecule has 2 N–H and O–H groups in total. The molecule has 7 heteroatoms. The van der Waals surface area contributed by atoms with Gasteiger partial charge in [-0.2, -0.15) is 0 Å². The molecule has 1 aliphatic heterocycles. The van der Waals surface area contributed by atoms with Crippen molar-refractivity contribution in [2.75, 3.05) is 11.9 Å². The van der Waals surface area contributed by atoms with Gasteiger partial charge in [0.15, 0.2) is 5.54 Å². The number of amides is 4. The van der Waals surface area contributed by atoms with E-state index in [4.69, 9.17) is 11.6 Å². The van der Waals surface area contributed by atoms with E-state index in [1.807, 2.05) is 63.2 Å². The zero-order valence-electron chi connectivity index (χ0n) is 18.6. The van der Waals surface area contributed by atoms with Gasteiger partial charge in [0.05, 0.1) is 10.7 Å². The molecule has 0 spiro atoms. The number of hydrogen-bond donors (Lipinski definition) is 2. The van der Waals surface area contributed by atoms with Crippen molar-refractivity contribution in [3.63, 3.8) is 0 Å². The van der Waals surface area contributed by atoms with Crippen LogP contribution in [0.2, 0.25) is 5.02 Å². The predicted molar refractivity (Wildman–Crippen MR) is 128 cm³/mol. The summed E-state index contributed by atoms with van der Waals surface area (Å²) in [6.45, 7) is 5.39. The van der Waals surface area contributed by atoms with Crippen LogP contribution in [0.4, 0.5) is 10.5 Å². The number of hydrogen-bond acceptors (Lipinski definition) is 3. The van der Waals surface area contributed by atoms with Crippen LogP contribution in [0.25, 0.3) is 0 Å².